The van der Waals surface area contributed by atoms with E-state index < -0.39 is 33.9 Å². The molecule has 1 heterocycles. The molecule has 0 amide bonds. The minimum atomic E-state index is -3.46. The largest absolute Gasteiger partial charge is 0.468 e. The molecule has 0 unspecified atom stereocenters. The molecule has 0 aromatic rings. The van der Waals surface area contributed by atoms with E-state index in [0.29, 0.717) is 0 Å². The van der Waals surface area contributed by atoms with Crippen LogP contribution in [0.5, 0.6) is 0 Å². The van der Waals surface area contributed by atoms with E-state index in [0.717, 1.165) is 14.2 Å². The Morgan fingerprint density at radius 1 is 1.06 bits per heavy atom. The van der Waals surface area contributed by atoms with E-state index in [1.54, 1.807) is 0 Å². The van der Waals surface area contributed by atoms with E-state index in [4.69, 9.17) is 0 Å². The average molecular weight is 251 g/mol. The lowest BCUT2D eigenvalue weighted by Crippen LogP contribution is -2.58. The molecule has 2 atom stereocenters. The van der Waals surface area contributed by atoms with Crippen molar-refractivity contribution in [1.82, 2.24) is 5.32 Å². The molecule has 0 radical (unpaired) electrons. The molecule has 0 spiro atoms. The average Bonchev–Trinajstić information content (AvgIpc) is 2.24. The molecule has 0 aromatic heterocycles. The van der Waals surface area contributed by atoms with Crippen molar-refractivity contribution in [2.45, 2.75) is 12.1 Å². The van der Waals surface area contributed by atoms with Gasteiger partial charge < -0.3 is 9.47 Å². The Kier molecular flexibility index (Phi) is 3.87. The molecule has 92 valence electrons. The predicted molar refractivity (Wildman–Crippen MR) is 53.4 cm³/mol. The van der Waals surface area contributed by atoms with Gasteiger partial charge in [-0.1, -0.05) is 0 Å². The van der Waals surface area contributed by atoms with Gasteiger partial charge in [-0.25, -0.2) is 8.42 Å². The second kappa shape index (κ2) is 4.79. The smallest absolute Gasteiger partial charge is 0.323 e. The third-order valence-corrected chi connectivity index (χ3v) is 3.90. The van der Waals surface area contributed by atoms with Crippen molar-refractivity contribution in [2.75, 3.05) is 25.7 Å². The van der Waals surface area contributed by atoms with E-state index in [9.17, 15) is 18.0 Å². The van der Waals surface area contributed by atoms with Crippen molar-refractivity contribution in [3.05, 3.63) is 0 Å². The Morgan fingerprint density at radius 2 is 1.44 bits per heavy atom. The van der Waals surface area contributed by atoms with Crippen molar-refractivity contribution >= 4 is 21.8 Å². The topological polar surface area (TPSA) is 98.8 Å². The van der Waals surface area contributed by atoms with Crippen LogP contribution in [0.15, 0.2) is 0 Å². The van der Waals surface area contributed by atoms with Crippen LogP contribution < -0.4 is 5.32 Å². The minimum absolute atomic E-state index is 0.368. The molecule has 8 heteroatoms. The Hall–Kier alpha value is -1.15. The number of hydrogen-bond acceptors (Lipinski definition) is 7. The summed E-state index contributed by atoms with van der Waals surface area (Å²) in [6.45, 7) is 0. The van der Waals surface area contributed by atoms with Crippen LogP contribution in [-0.4, -0.2) is 58.2 Å². The molecule has 1 aliphatic heterocycles. The first-order valence-electron chi connectivity index (χ1n) is 4.51. The van der Waals surface area contributed by atoms with Gasteiger partial charge in [0.05, 0.1) is 25.7 Å². The van der Waals surface area contributed by atoms with Gasteiger partial charge in [0.2, 0.25) is 0 Å². The maximum absolute atomic E-state index is 11.5. The molecule has 0 bridgehead atoms. The summed E-state index contributed by atoms with van der Waals surface area (Å²) in [6.07, 6.45) is 0. The third kappa shape index (κ3) is 2.92. The maximum Gasteiger partial charge on any atom is 0.323 e. The van der Waals surface area contributed by atoms with Crippen molar-refractivity contribution < 1.29 is 27.5 Å². The van der Waals surface area contributed by atoms with Crippen LogP contribution in [0.25, 0.3) is 0 Å². The van der Waals surface area contributed by atoms with Crippen LogP contribution in [0.1, 0.15) is 0 Å². The Labute approximate surface area is 93.0 Å². The molecule has 1 saturated heterocycles. The van der Waals surface area contributed by atoms with E-state index >= 15 is 0 Å². The van der Waals surface area contributed by atoms with E-state index in [1.165, 1.54) is 0 Å². The Morgan fingerprint density at radius 3 is 1.75 bits per heavy atom. The van der Waals surface area contributed by atoms with Gasteiger partial charge in [-0.15, -0.1) is 0 Å². The molecular formula is C8H13NO6S. The van der Waals surface area contributed by atoms with Gasteiger partial charge in [-0.05, 0) is 0 Å². The lowest BCUT2D eigenvalue weighted by atomic mass is 10.2. The van der Waals surface area contributed by atoms with E-state index in [-0.39, 0.29) is 11.5 Å². The molecule has 16 heavy (non-hydrogen) atoms. The van der Waals surface area contributed by atoms with Crippen LogP contribution in [0.4, 0.5) is 0 Å². The number of carbonyl (C=O) groups excluding carboxylic acids is 2. The summed E-state index contributed by atoms with van der Waals surface area (Å²) in [4.78, 5) is 22.4. The van der Waals surface area contributed by atoms with Crippen LogP contribution >= 0.6 is 0 Å². The number of methoxy groups -OCH3 is 2. The van der Waals surface area contributed by atoms with Crippen molar-refractivity contribution in [3.8, 4) is 0 Å². The SMILES string of the molecule is COC(=O)[C@@H]1CS(=O)(=O)C[C@@H](C(=O)OC)N1. The number of ether oxygens (including phenoxy) is 2. The van der Waals surface area contributed by atoms with Gasteiger partial charge in [-0.2, -0.15) is 0 Å². The highest BCUT2D eigenvalue weighted by Gasteiger charge is 2.39. The fraction of sp³-hybridized carbons (Fsp3) is 0.750. The van der Waals surface area contributed by atoms with E-state index in [2.05, 4.69) is 14.8 Å². The third-order valence-electron chi connectivity index (χ3n) is 2.21. The van der Waals surface area contributed by atoms with Gasteiger partial charge in [0.15, 0.2) is 9.84 Å². The maximum atomic E-state index is 11.5. The van der Waals surface area contributed by atoms with Crippen molar-refractivity contribution in [1.29, 1.82) is 0 Å². The highest BCUT2D eigenvalue weighted by Crippen LogP contribution is 2.09. The lowest BCUT2D eigenvalue weighted by Gasteiger charge is -2.27. The van der Waals surface area contributed by atoms with Gasteiger partial charge in [0, 0.05) is 0 Å². The molecule has 7 nitrogen and oxygen atoms in total. The summed E-state index contributed by atoms with van der Waals surface area (Å²) in [5, 5.41) is 2.58. The zero-order chi connectivity index (χ0) is 12.3. The minimum Gasteiger partial charge on any atom is -0.468 e. The number of rotatable bonds is 2. The zero-order valence-electron chi connectivity index (χ0n) is 8.93. The highest BCUT2D eigenvalue weighted by atomic mass is 32.2. The molecule has 0 saturated carbocycles. The van der Waals surface area contributed by atoms with Crippen molar-refractivity contribution in [3.63, 3.8) is 0 Å². The summed E-state index contributed by atoms with van der Waals surface area (Å²) in [7, 11) is -1.15. The second-order valence-electron chi connectivity index (χ2n) is 3.40. The normalized spacial score (nSPS) is 28.1. The van der Waals surface area contributed by atoms with Crippen LogP contribution in [-0.2, 0) is 28.9 Å². The number of esters is 2. The molecule has 1 N–H and O–H groups in total. The van der Waals surface area contributed by atoms with Crippen molar-refractivity contribution in [2.24, 2.45) is 0 Å². The monoisotopic (exact) mass is 251 g/mol. The predicted octanol–water partition coefficient (Wildman–Crippen LogP) is -1.91. The summed E-state index contributed by atoms with van der Waals surface area (Å²) in [5.41, 5.74) is 0. The first kappa shape index (κ1) is 12.9. The molecule has 1 aliphatic rings. The summed E-state index contributed by atoms with van der Waals surface area (Å²) >= 11 is 0. The Bertz CT molecular complexity index is 359. The lowest BCUT2D eigenvalue weighted by molar-refractivity contribution is -0.145. The van der Waals surface area contributed by atoms with Gasteiger partial charge in [0.25, 0.3) is 0 Å². The molecule has 1 rings (SSSR count). The number of carbonyl (C=O) groups is 2. The second-order valence-corrected chi connectivity index (χ2v) is 5.55. The molecule has 1 fully saturated rings. The van der Waals surface area contributed by atoms with Crippen LogP contribution in [0.2, 0.25) is 0 Å². The van der Waals surface area contributed by atoms with Crippen LogP contribution in [0.3, 0.4) is 0 Å². The first-order chi connectivity index (χ1) is 7.39. The quantitative estimate of drug-likeness (QED) is 0.571. The van der Waals surface area contributed by atoms with Gasteiger partial charge in [-0.3, -0.25) is 14.9 Å². The summed E-state index contributed by atoms with van der Waals surface area (Å²) in [6, 6.07) is -2.04. The fourth-order valence-corrected chi connectivity index (χ4v) is 3.09. The molecular weight excluding hydrogens is 238 g/mol. The van der Waals surface area contributed by atoms with Gasteiger partial charge in [0.1, 0.15) is 12.1 Å². The molecule has 0 aliphatic carbocycles. The number of nitrogens with one attached hydrogen (secondary N) is 1. The van der Waals surface area contributed by atoms with E-state index in [1.807, 2.05) is 0 Å². The highest BCUT2D eigenvalue weighted by molar-refractivity contribution is 7.91. The summed E-state index contributed by atoms with van der Waals surface area (Å²) < 4.78 is 31.8. The number of sulfone groups is 1. The van der Waals surface area contributed by atoms with Crippen LogP contribution in [0, 0.1) is 0 Å². The standard InChI is InChI=1S/C8H13NO6S/c1-14-7(10)5-3-16(12,13)4-6(9-5)8(11)15-2/h5-6,9H,3-4H2,1-2H3/t5-,6-/m0/s1. The first-order valence-corrected chi connectivity index (χ1v) is 6.34. The van der Waals surface area contributed by atoms with Gasteiger partial charge >= 0.3 is 11.9 Å². The Balaban J connectivity index is 2.85. The number of hydrogen-bond donors (Lipinski definition) is 1. The zero-order valence-corrected chi connectivity index (χ0v) is 9.74. The molecule has 0 aromatic carbocycles. The summed E-state index contributed by atoms with van der Waals surface area (Å²) in [5.74, 6) is -2.16. The fourth-order valence-electron chi connectivity index (χ4n) is 1.47.